The minimum atomic E-state index is 0.992. The molecular formula is C18H15N3S. The molecule has 3 nitrogen and oxygen atoms in total. The van der Waals surface area contributed by atoms with E-state index >= 15 is 0 Å². The molecule has 0 aliphatic rings. The zero-order valence-electron chi connectivity index (χ0n) is 12.4. The van der Waals surface area contributed by atoms with E-state index in [0.717, 1.165) is 21.1 Å². The van der Waals surface area contributed by atoms with Gasteiger partial charge in [0.05, 0.1) is 16.3 Å². The molecule has 22 heavy (non-hydrogen) atoms. The van der Waals surface area contributed by atoms with E-state index in [1.807, 2.05) is 37.4 Å². The first-order chi connectivity index (χ1) is 10.7. The second-order valence-corrected chi connectivity index (χ2v) is 6.34. The van der Waals surface area contributed by atoms with Crippen molar-refractivity contribution in [2.24, 2.45) is 0 Å². The monoisotopic (exact) mass is 305 g/mol. The van der Waals surface area contributed by atoms with Crippen LogP contribution in [0.4, 0.5) is 0 Å². The molecule has 108 valence electrons. The minimum Gasteiger partial charge on any atom is -0.322 e. The Balaban J connectivity index is 2.12. The summed E-state index contributed by atoms with van der Waals surface area (Å²) in [5.74, 6) is 0. The van der Waals surface area contributed by atoms with Crippen LogP contribution in [-0.4, -0.2) is 14.5 Å². The summed E-state index contributed by atoms with van der Waals surface area (Å²) in [4.78, 5) is 11.5. The number of thiophene rings is 1. The standard InChI is InChI=1S/C18H15N3S/c1-12-11-13(2)20-18-15(12)16(21-9-5-6-10-21)17(22-18)14-7-3-4-8-19-14/h3-11H,1-2H3. The summed E-state index contributed by atoms with van der Waals surface area (Å²) >= 11 is 1.71. The summed E-state index contributed by atoms with van der Waals surface area (Å²) in [7, 11) is 0. The average Bonchev–Trinajstić information content (AvgIpc) is 3.14. The highest BCUT2D eigenvalue weighted by molar-refractivity contribution is 7.22. The summed E-state index contributed by atoms with van der Waals surface area (Å²) in [6.45, 7) is 4.20. The highest BCUT2D eigenvalue weighted by atomic mass is 32.1. The maximum absolute atomic E-state index is 4.73. The summed E-state index contributed by atoms with van der Waals surface area (Å²) < 4.78 is 2.16. The molecule has 0 N–H and O–H groups in total. The predicted octanol–water partition coefficient (Wildman–Crippen LogP) is 4.77. The Morgan fingerprint density at radius 2 is 1.86 bits per heavy atom. The molecule has 0 fully saturated rings. The molecule has 0 amide bonds. The normalized spacial score (nSPS) is 11.2. The molecule has 0 radical (unpaired) electrons. The highest BCUT2D eigenvalue weighted by Crippen LogP contribution is 2.41. The zero-order valence-corrected chi connectivity index (χ0v) is 13.3. The Bertz CT molecular complexity index is 938. The van der Waals surface area contributed by atoms with Crippen molar-refractivity contribution >= 4 is 21.6 Å². The quantitative estimate of drug-likeness (QED) is 0.534. The van der Waals surface area contributed by atoms with Crippen LogP contribution in [0.5, 0.6) is 0 Å². The number of aromatic nitrogens is 3. The Morgan fingerprint density at radius 3 is 2.59 bits per heavy atom. The van der Waals surface area contributed by atoms with Crippen molar-refractivity contribution in [2.45, 2.75) is 13.8 Å². The van der Waals surface area contributed by atoms with Gasteiger partial charge in [-0.15, -0.1) is 11.3 Å². The van der Waals surface area contributed by atoms with Gasteiger partial charge in [0, 0.05) is 29.7 Å². The molecule has 0 aliphatic carbocycles. The molecule has 4 heterocycles. The summed E-state index contributed by atoms with van der Waals surface area (Å²) in [5.41, 5.74) is 4.47. The van der Waals surface area contributed by atoms with Crippen LogP contribution in [0.25, 0.3) is 26.5 Å². The summed E-state index contributed by atoms with van der Waals surface area (Å²) in [5, 5.41) is 1.22. The molecule has 0 atom stereocenters. The van der Waals surface area contributed by atoms with Gasteiger partial charge in [0.1, 0.15) is 4.83 Å². The molecular weight excluding hydrogens is 290 g/mol. The minimum absolute atomic E-state index is 0.992. The third kappa shape index (κ3) is 2.04. The molecule has 0 bridgehead atoms. The second kappa shape index (κ2) is 5.07. The maximum atomic E-state index is 4.73. The fraction of sp³-hybridized carbons (Fsp3) is 0.111. The van der Waals surface area contributed by atoms with E-state index in [1.54, 1.807) is 11.3 Å². The van der Waals surface area contributed by atoms with Gasteiger partial charge in [-0.25, -0.2) is 4.98 Å². The fourth-order valence-electron chi connectivity index (χ4n) is 2.82. The average molecular weight is 305 g/mol. The van der Waals surface area contributed by atoms with Gasteiger partial charge in [-0.05, 0) is 49.7 Å². The molecule has 4 aromatic rings. The van der Waals surface area contributed by atoms with E-state index in [9.17, 15) is 0 Å². The number of hydrogen-bond acceptors (Lipinski definition) is 3. The summed E-state index contributed by atoms with van der Waals surface area (Å²) in [6.07, 6.45) is 5.99. The van der Waals surface area contributed by atoms with Gasteiger partial charge in [0.15, 0.2) is 0 Å². The van der Waals surface area contributed by atoms with E-state index in [4.69, 9.17) is 4.98 Å². The van der Waals surface area contributed by atoms with E-state index in [0.29, 0.717) is 0 Å². The number of fused-ring (bicyclic) bond motifs is 1. The Labute approximate surface area is 132 Å². The topological polar surface area (TPSA) is 30.7 Å². The molecule has 0 aliphatic heterocycles. The maximum Gasteiger partial charge on any atom is 0.126 e. The number of nitrogens with zero attached hydrogens (tertiary/aromatic N) is 3. The smallest absolute Gasteiger partial charge is 0.126 e. The largest absolute Gasteiger partial charge is 0.322 e. The lowest BCUT2D eigenvalue weighted by atomic mass is 10.1. The number of hydrogen-bond donors (Lipinski definition) is 0. The van der Waals surface area contributed by atoms with Gasteiger partial charge >= 0.3 is 0 Å². The molecule has 0 aromatic carbocycles. The van der Waals surface area contributed by atoms with Gasteiger partial charge in [0.25, 0.3) is 0 Å². The van der Waals surface area contributed by atoms with Crippen LogP contribution in [0.15, 0.2) is 55.0 Å². The van der Waals surface area contributed by atoms with E-state index < -0.39 is 0 Å². The van der Waals surface area contributed by atoms with Crippen LogP contribution < -0.4 is 0 Å². The molecule has 0 unspecified atom stereocenters. The first kappa shape index (κ1) is 13.2. The van der Waals surface area contributed by atoms with Crippen molar-refractivity contribution in [2.75, 3.05) is 0 Å². The molecule has 0 saturated carbocycles. The second-order valence-electron chi connectivity index (χ2n) is 5.35. The highest BCUT2D eigenvalue weighted by Gasteiger charge is 2.18. The van der Waals surface area contributed by atoms with Crippen molar-refractivity contribution in [1.29, 1.82) is 0 Å². The lowest BCUT2D eigenvalue weighted by molar-refractivity contribution is 1.10. The Hall–Kier alpha value is -2.46. The zero-order chi connectivity index (χ0) is 15.1. The predicted molar refractivity (Wildman–Crippen MR) is 91.7 cm³/mol. The lowest BCUT2D eigenvalue weighted by Gasteiger charge is -2.07. The van der Waals surface area contributed by atoms with Crippen LogP contribution in [0.2, 0.25) is 0 Å². The number of aryl methyl sites for hydroxylation is 2. The number of rotatable bonds is 2. The van der Waals surface area contributed by atoms with Gasteiger partial charge in [-0.1, -0.05) is 6.07 Å². The Morgan fingerprint density at radius 1 is 1.05 bits per heavy atom. The third-order valence-electron chi connectivity index (χ3n) is 3.72. The van der Waals surface area contributed by atoms with E-state index in [-0.39, 0.29) is 0 Å². The van der Waals surface area contributed by atoms with E-state index in [2.05, 4.69) is 41.0 Å². The van der Waals surface area contributed by atoms with Gasteiger partial charge < -0.3 is 4.57 Å². The molecule has 4 rings (SSSR count). The Kier molecular flexibility index (Phi) is 3.05. The third-order valence-corrected chi connectivity index (χ3v) is 4.82. The van der Waals surface area contributed by atoms with Gasteiger partial charge in [-0.2, -0.15) is 0 Å². The van der Waals surface area contributed by atoms with Crippen molar-refractivity contribution in [3.8, 4) is 16.3 Å². The first-order valence-electron chi connectivity index (χ1n) is 7.19. The molecule has 4 heteroatoms. The van der Waals surface area contributed by atoms with Crippen molar-refractivity contribution in [3.63, 3.8) is 0 Å². The van der Waals surface area contributed by atoms with E-state index in [1.165, 1.54) is 16.6 Å². The van der Waals surface area contributed by atoms with Crippen LogP contribution >= 0.6 is 11.3 Å². The first-order valence-corrected chi connectivity index (χ1v) is 8.01. The van der Waals surface area contributed by atoms with Crippen molar-refractivity contribution in [1.82, 2.24) is 14.5 Å². The van der Waals surface area contributed by atoms with Crippen molar-refractivity contribution < 1.29 is 0 Å². The molecule has 4 aromatic heterocycles. The molecule has 0 saturated heterocycles. The number of pyridine rings is 2. The fourth-order valence-corrected chi connectivity index (χ4v) is 4.10. The van der Waals surface area contributed by atoms with Crippen LogP contribution in [0, 0.1) is 13.8 Å². The SMILES string of the molecule is Cc1cc(C)c2c(-n3cccc3)c(-c3ccccn3)sc2n1. The summed E-state index contributed by atoms with van der Waals surface area (Å²) in [6, 6.07) is 12.3. The van der Waals surface area contributed by atoms with Crippen LogP contribution in [0.1, 0.15) is 11.3 Å². The van der Waals surface area contributed by atoms with Gasteiger partial charge in [0.2, 0.25) is 0 Å². The lowest BCUT2D eigenvalue weighted by Crippen LogP contribution is -1.93. The van der Waals surface area contributed by atoms with Crippen LogP contribution in [-0.2, 0) is 0 Å². The van der Waals surface area contributed by atoms with Gasteiger partial charge in [-0.3, -0.25) is 4.98 Å². The van der Waals surface area contributed by atoms with Crippen LogP contribution in [0.3, 0.4) is 0 Å². The molecule has 0 spiro atoms. The van der Waals surface area contributed by atoms with Crippen molar-refractivity contribution in [3.05, 3.63) is 66.2 Å².